The summed E-state index contributed by atoms with van der Waals surface area (Å²) in [7, 11) is 1.91. The highest BCUT2D eigenvalue weighted by atomic mass is 16.3. The van der Waals surface area contributed by atoms with Crippen molar-refractivity contribution in [2.45, 2.75) is 26.5 Å². The summed E-state index contributed by atoms with van der Waals surface area (Å²) in [5.41, 5.74) is 7.60. The molecule has 1 aromatic heterocycles. The first-order valence-corrected chi connectivity index (χ1v) is 5.10. The maximum absolute atomic E-state index is 9.32. The Morgan fingerprint density at radius 2 is 2.20 bits per heavy atom. The Bertz CT molecular complexity index is 326. The van der Waals surface area contributed by atoms with Gasteiger partial charge in [0.1, 0.15) is 5.82 Å². The number of aliphatic hydroxyl groups excluding tert-OH is 1. The van der Waals surface area contributed by atoms with Gasteiger partial charge in [0.05, 0.1) is 6.10 Å². The van der Waals surface area contributed by atoms with E-state index in [-0.39, 0.29) is 6.10 Å². The fraction of sp³-hybridized carbons (Fsp3) is 0.545. The Kier molecular flexibility index (Phi) is 4.05. The summed E-state index contributed by atoms with van der Waals surface area (Å²) in [4.78, 5) is 6.36. The molecule has 4 nitrogen and oxygen atoms in total. The summed E-state index contributed by atoms with van der Waals surface area (Å²) in [6.07, 6.45) is -0.372. The smallest absolute Gasteiger partial charge is 0.133 e. The summed E-state index contributed by atoms with van der Waals surface area (Å²) in [6, 6.07) is 3.93. The largest absolute Gasteiger partial charge is 0.392 e. The highest BCUT2D eigenvalue weighted by Gasteiger charge is 2.10. The van der Waals surface area contributed by atoms with Gasteiger partial charge >= 0.3 is 0 Å². The molecule has 1 atom stereocenters. The van der Waals surface area contributed by atoms with Gasteiger partial charge in [-0.25, -0.2) is 4.98 Å². The monoisotopic (exact) mass is 209 g/mol. The van der Waals surface area contributed by atoms with E-state index in [1.807, 2.05) is 31.0 Å². The average molecular weight is 209 g/mol. The first kappa shape index (κ1) is 11.9. The lowest BCUT2D eigenvalue weighted by molar-refractivity contribution is 0.201. The van der Waals surface area contributed by atoms with Gasteiger partial charge in [0, 0.05) is 31.4 Å². The summed E-state index contributed by atoms with van der Waals surface area (Å²) >= 11 is 0. The Balaban J connectivity index is 2.94. The molecule has 4 heteroatoms. The van der Waals surface area contributed by atoms with Gasteiger partial charge in [0.15, 0.2) is 0 Å². The first-order chi connectivity index (χ1) is 7.04. The molecule has 0 aliphatic rings. The van der Waals surface area contributed by atoms with Crippen LogP contribution in [-0.4, -0.2) is 29.8 Å². The molecule has 0 aromatic carbocycles. The van der Waals surface area contributed by atoms with E-state index in [1.165, 1.54) is 0 Å². The number of hydrogen-bond acceptors (Lipinski definition) is 4. The van der Waals surface area contributed by atoms with Crippen molar-refractivity contribution in [3.05, 3.63) is 23.4 Å². The van der Waals surface area contributed by atoms with Gasteiger partial charge in [-0.3, -0.25) is 0 Å². The Hall–Kier alpha value is -1.13. The lowest BCUT2D eigenvalue weighted by atomic mass is 10.2. The average Bonchev–Trinajstić information content (AvgIpc) is 2.16. The number of rotatable bonds is 4. The van der Waals surface area contributed by atoms with Crippen LogP contribution in [0.3, 0.4) is 0 Å². The molecule has 1 rings (SSSR count). The number of aromatic nitrogens is 1. The lowest BCUT2D eigenvalue weighted by Gasteiger charge is -2.22. The minimum absolute atomic E-state index is 0.372. The van der Waals surface area contributed by atoms with E-state index in [4.69, 9.17) is 5.73 Å². The molecular formula is C11H19N3O. The molecule has 1 heterocycles. The van der Waals surface area contributed by atoms with Gasteiger partial charge in [-0.15, -0.1) is 0 Å². The van der Waals surface area contributed by atoms with Crippen LogP contribution in [-0.2, 0) is 6.54 Å². The number of hydrogen-bond donors (Lipinski definition) is 2. The molecule has 1 unspecified atom stereocenters. The van der Waals surface area contributed by atoms with Crippen LogP contribution in [0.5, 0.6) is 0 Å². The minimum Gasteiger partial charge on any atom is -0.392 e. The zero-order valence-corrected chi connectivity index (χ0v) is 9.57. The van der Waals surface area contributed by atoms with Crippen molar-refractivity contribution in [2.75, 3.05) is 18.5 Å². The third kappa shape index (κ3) is 3.18. The van der Waals surface area contributed by atoms with Crippen molar-refractivity contribution in [3.8, 4) is 0 Å². The number of anilines is 1. The second kappa shape index (κ2) is 5.09. The normalized spacial score (nSPS) is 12.6. The molecule has 0 aliphatic heterocycles. The predicted octanol–water partition coefficient (Wildman–Crippen LogP) is 0.666. The Morgan fingerprint density at radius 3 is 2.73 bits per heavy atom. The predicted molar refractivity (Wildman–Crippen MR) is 61.8 cm³/mol. The summed E-state index contributed by atoms with van der Waals surface area (Å²) in [5.74, 6) is 0.860. The fourth-order valence-corrected chi connectivity index (χ4v) is 1.54. The highest BCUT2D eigenvalue weighted by Crippen LogP contribution is 2.16. The number of aliphatic hydroxyl groups is 1. The van der Waals surface area contributed by atoms with Crippen LogP contribution in [0.25, 0.3) is 0 Å². The van der Waals surface area contributed by atoms with E-state index in [2.05, 4.69) is 4.98 Å². The molecule has 0 fully saturated rings. The van der Waals surface area contributed by atoms with E-state index < -0.39 is 0 Å². The molecule has 0 bridgehead atoms. The van der Waals surface area contributed by atoms with Crippen molar-refractivity contribution in [3.63, 3.8) is 0 Å². The molecule has 15 heavy (non-hydrogen) atoms. The van der Waals surface area contributed by atoms with E-state index in [0.29, 0.717) is 13.1 Å². The summed E-state index contributed by atoms with van der Waals surface area (Å²) in [6.45, 7) is 4.73. The van der Waals surface area contributed by atoms with Crippen LogP contribution in [0.2, 0.25) is 0 Å². The first-order valence-electron chi connectivity index (χ1n) is 5.10. The second-order valence-corrected chi connectivity index (χ2v) is 3.87. The van der Waals surface area contributed by atoms with Gasteiger partial charge in [0.25, 0.3) is 0 Å². The second-order valence-electron chi connectivity index (χ2n) is 3.87. The number of nitrogens with zero attached hydrogens (tertiary/aromatic N) is 2. The molecule has 0 saturated heterocycles. The molecule has 0 saturated carbocycles. The third-order valence-electron chi connectivity index (χ3n) is 2.21. The van der Waals surface area contributed by atoms with E-state index in [1.54, 1.807) is 6.92 Å². The van der Waals surface area contributed by atoms with Gasteiger partial charge in [-0.05, 0) is 19.9 Å². The Morgan fingerprint density at radius 1 is 1.53 bits per heavy atom. The molecule has 0 radical (unpaired) electrons. The van der Waals surface area contributed by atoms with E-state index in [9.17, 15) is 5.11 Å². The van der Waals surface area contributed by atoms with Gasteiger partial charge in [-0.2, -0.15) is 0 Å². The van der Waals surface area contributed by atoms with Crippen LogP contribution < -0.4 is 10.6 Å². The van der Waals surface area contributed by atoms with Crippen LogP contribution in [0.1, 0.15) is 18.2 Å². The number of likely N-dealkylation sites (N-methyl/N-ethyl adjacent to an activating group) is 1. The molecule has 0 spiro atoms. The van der Waals surface area contributed by atoms with Crippen molar-refractivity contribution < 1.29 is 5.11 Å². The molecule has 1 aromatic rings. The quantitative estimate of drug-likeness (QED) is 0.765. The number of pyridine rings is 1. The van der Waals surface area contributed by atoms with Crippen molar-refractivity contribution >= 4 is 5.82 Å². The van der Waals surface area contributed by atoms with Crippen LogP contribution in [0, 0.1) is 6.92 Å². The fourth-order valence-electron chi connectivity index (χ4n) is 1.54. The van der Waals surface area contributed by atoms with Crippen molar-refractivity contribution in [1.82, 2.24) is 4.98 Å². The maximum Gasteiger partial charge on any atom is 0.133 e. The molecule has 84 valence electrons. The summed E-state index contributed by atoms with van der Waals surface area (Å²) < 4.78 is 0. The Labute approximate surface area is 90.7 Å². The van der Waals surface area contributed by atoms with Gasteiger partial charge in [0.2, 0.25) is 0 Å². The summed E-state index contributed by atoms with van der Waals surface area (Å²) in [5, 5.41) is 9.32. The number of aryl methyl sites for hydroxylation is 1. The van der Waals surface area contributed by atoms with Crippen LogP contribution in [0.4, 0.5) is 5.82 Å². The molecule has 0 aliphatic carbocycles. The molecule has 0 amide bonds. The van der Waals surface area contributed by atoms with Gasteiger partial charge in [-0.1, -0.05) is 6.07 Å². The minimum atomic E-state index is -0.372. The van der Waals surface area contributed by atoms with Crippen LogP contribution >= 0.6 is 0 Å². The van der Waals surface area contributed by atoms with Gasteiger partial charge < -0.3 is 15.7 Å². The van der Waals surface area contributed by atoms with Crippen molar-refractivity contribution in [2.24, 2.45) is 5.73 Å². The molecular weight excluding hydrogens is 190 g/mol. The lowest BCUT2D eigenvalue weighted by Crippen LogP contribution is -2.29. The van der Waals surface area contributed by atoms with Crippen molar-refractivity contribution in [1.29, 1.82) is 0 Å². The van der Waals surface area contributed by atoms with E-state index in [0.717, 1.165) is 17.1 Å². The highest BCUT2D eigenvalue weighted by molar-refractivity contribution is 5.47. The van der Waals surface area contributed by atoms with Crippen LogP contribution in [0.15, 0.2) is 12.1 Å². The zero-order chi connectivity index (χ0) is 11.4. The topological polar surface area (TPSA) is 62.4 Å². The molecule has 3 N–H and O–H groups in total. The standard InChI is InChI=1S/C11H19N3O/c1-8-4-5-10(6-12)11(13-8)14(3)7-9(2)15/h4-5,9,15H,6-7,12H2,1-3H3. The number of nitrogens with two attached hydrogens (primary N) is 1. The SMILES string of the molecule is Cc1ccc(CN)c(N(C)CC(C)O)n1. The van der Waals surface area contributed by atoms with E-state index >= 15 is 0 Å². The zero-order valence-electron chi connectivity index (χ0n) is 9.57. The maximum atomic E-state index is 9.32. The third-order valence-corrected chi connectivity index (χ3v) is 2.21.